The lowest BCUT2D eigenvalue weighted by molar-refractivity contribution is 0.669. The Balaban J connectivity index is 0.979. The van der Waals surface area contributed by atoms with Gasteiger partial charge in [0.15, 0.2) is 17.5 Å². The van der Waals surface area contributed by atoms with E-state index in [0.717, 1.165) is 55.3 Å². The van der Waals surface area contributed by atoms with Crippen molar-refractivity contribution in [3.63, 3.8) is 0 Å². The number of thiophene rings is 1. The molecule has 0 fully saturated rings. The second-order valence-electron chi connectivity index (χ2n) is 14.0. The van der Waals surface area contributed by atoms with Crippen LogP contribution < -0.4 is 0 Å². The van der Waals surface area contributed by atoms with Gasteiger partial charge in [0.1, 0.15) is 11.2 Å². The van der Waals surface area contributed by atoms with E-state index in [-0.39, 0.29) is 0 Å². The zero-order chi connectivity index (χ0) is 37.0. The van der Waals surface area contributed by atoms with Crippen molar-refractivity contribution in [1.29, 1.82) is 0 Å². The minimum Gasteiger partial charge on any atom is -0.456 e. The molecule has 0 bridgehead atoms. The van der Waals surface area contributed by atoms with E-state index in [2.05, 4.69) is 127 Å². The van der Waals surface area contributed by atoms with E-state index in [9.17, 15) is 0 Å². The highest BCUT2D eigenvalue weighted by atomic mass is 32.1. The van der Waals surface area contributed by atoms with Gasteiger partial charge in [0.05, 0.1) is 0 Å². The predicted octanol–water partition coefficient (Wildman–Crippen LogP) is 14.1. The quantitative estimate of drug-likeness (QED) is 0.171. The summed E-state index contributed by atoms with van der Waals surface area (Å²) in [4.78, 5) is 14.8. The molecule has 3 aromatic heterocycles. The molecule has 0 amide bonds. The fourth-order valence-corrected chi connectivity index (χ4v) is 8.90. The SMILES string of the molecule is c1ccc(-c2ccc3c(c2)sc2ccc(-c4ccc5c(c4)oc4cccc(-c6cccc(-c7nc(-c8ccccc8)nc(-c8ccccc8)n7)c6)c45)cc23)cc1. The lowest BCUT2D eigenvalue weighted by atomic mass is 9.96. The Kier molecular flexibility index (Phi) is 7.64. The summed E-state index contributed by atoms with van der Waals surface area (Å²) < 4.78 is 9.17. The van der Waals surface area contributed by atoms with Crippen LogP contribution in [0.3, 0.4) is 0 Å². The smallest absolute Gasteiger partial charge is 0.164 e. The highest BCUT2D eigenvalue weighted by molar-refractivity contribution is 7.25. The fraction of sp³-hybridized carbons (Fsp3) is 0. The molecular weight excluding hydrogens is 703 g/mol. The largest absolute Gasteiger partial charge is 0.456 e. The Hall–Kier alpha value is -7.21. The predicted molar refractivity (Wildman–Crippen MR) is 233 cm³/mol. The first-order chi connectivity index (χ1) is 27.7. The van der Waals surface area contributed by atoms with E-state index in [1.165, 1.54) is 36.9 Å². The summed E-state index contributed by atoms with van der Waals surface area (Å²) >= 11 is 1.85. The Labute approximate surface area is 327 Å². The van der Waals surface area contributed by atoms with Crippen molar-refractivity contribution >= 4 is 53.4 Å². The average Bonchev–Trinajstić information content (AvgIpc) is 3.84. The maximum atomic E-state index is 6.59. The highest BCUT2D eigenvalue weighted by Crippen LogP contribution is 2.41. The van der Waals surface area contributed by atoms with E-state index in [4.69, 9.17) is 19.4 Å². The van der Waals surface area contributed by atoms with Crippen molar-refractivity contribution in [3.05, 3.63) is 188 Å². The van der Waals surface area contributed by atoms with Gasteiger partial charge in [-0.15, -0.1) is 11.3 Å². The third-order valence-corrected chi connectivity index (χ3v) is 11.7. The fourth-order valence-electron chi connectivity index (χ4n) is 7.78. The molecule has 3 heterocycles. The van der Waals surface area contributed by atoms with Crippen LogP contribution in [0.1, 0.15) is 0 Å². The summed E-state index contributed by atoms with van der Waals surface area (Å²) in [6.07, 6.45) is 0. The van der Waals surface area contributed by atoms with Crippen LogP contribution >= 0.6 is 11.3 Å². The summed E-state index contributed by atoms with van der Waals surface area (Å²) in [6.45, 7) is 0. The molecule has 0 aliphatic rings. The normalized spacial score (nSPS) is 11.6. The Morgan fingerprint density at radius 2 is 0.875 bits per heavy atom. The molecule has 56 heavy (non-hydrogen) atoms. The maximum Gasteiger partial charge on any atom is 0.164 e. The number of rotatable bonds is 6. The van der Waals surface area contributed by atoms with Crippen LogP contribution in [0, 0.1) is 0 Å². The second kappa shape index (κ2) is 13.3. The molecule has 0 saturated carbocycles. The van der Waals surface area contributed by atoms with Gasteiger partial charge in [-0.2, -0.15) is 0 Å². The third kappa shape index (κ3) is 5.65. The zero-order valence-corrected chi connectivity index (χ0v) is 30.9. The van der Waals surface area contributed by atoms with Crippen LogP contribution in [0.5, 0.6) is 0 Å². The molecular formula is C51H31N3OS. The van der Waals surface area contributed by atoms with Gasteiger partial charge in [-0.25, -0.2) is 15.0 Å². The van der Waals surface area contributed by atoms with Gasteiger partial charge in [0.25, 0.3) is 0 Å². The van der Waals surface area contributed by atoms with Gasteiger partial charge >= 0.3 is 0 Å². The Morgan fingerprint density at radius 3 is 1.59 bits per heavy atom. The summed E-state index contributed by atoms with van der Waals surface area (Å²) in [5.74, 6) is 1.91. The van der Waals surface area contributed by atoms with Gasteiger partial charge in [0.2, 0.25) is 0 Å². The number of aromatic nitrogens is 3. The van der Waals surface area contributed by atoms with Crippen LogP contribution in [-0.2, 0) is 0 Å². The van der Waals surface area contributed by atoms with Crippen LogP contribution in [-0.4, -0.2) is 15.0 Å². The van der Waals surface area contributed by atoms with E-state index >= 15 is 0 Å². The Morgan fingerprint density at radius 1 is 0.321 bits per heavy atom. The summed E-state index contributed by atoms with van der Waals surface area (Å²) in [6, 6.07) is 65.7. The van der Waals surface area contributed by atoms with E-state index in [1.54, 1.807) is 0 Å². The molecule has 0 aliphatic heterocycles. The van der Waals surface area contributed by atoms with Crippen molar-refractivity contribution in [2.45, 2.75) is 0 Å². The number of furan rings is 1. The van der Waals surface area contributed by atoms with Crippen LogP contribution in [0.25, 0.3) is 110 Å². The molecule has 262 valence electrons. The number of fused-ring (bicyclic) bond motifs is 6. The van der Waals surface area contributed by atoms with Crippen LogP contribution in [0.2, 0.25) is 0 Å². The molecule has 8 aromatic carbocycles. The molecule has 0 spiro atoms. The standard InChI is InChI=1S/C51H31N3OS/c1-4-12-32(13-5-1)37-22-25-41-43-29-35(24-27-46(43)56-47(41)31-37)36-23-26-42-45(30-36)55-44-21-11-20-40(48(42)44)38-18-10-19-39(28-38)51-53-49(33-14-6-2-7-15-33)52-50(54-51)34-16-8-3-9-17-34/h1-31H. The van der Waals surface area contributed by atoms with Gasteiger partial charge in [-0.05, 0) is 75.8 Å². The lowest BCUT2D eigenvalue weighted by Crippen LogP contribution is -2.00. The molecule has 11 aromatic rings. The number of benzene rings is 8. The van der Waals surface area contributed by atoms with E-state index in [0.29, 0.717) is 17.5 Å². The molecule has 5 heteroatoms. The molecule has 4 nitrogen and oxygen atoms in total. The minimum atomic E-state index is 0.625. The molecule has 0 saturated heterocycles. The maximum absolute atomic E-state index is 6.59. The van der Waals surface area contributed by atoms with Crippen molar-refractivity contribution in [1.82, 2.24) is 15.0 Å². The first-order valence-corrected chi connectivity index (χ1v) is 19.5. The summed E-state index contributed by atoms with van der Waals surface area (Å²) in [5.41, 5.74) is 11.4. The zero-order valence-electron chi connectivity index (χ0n) is 30.1. The first-order valence-electron chi connectivity index (χ1n) is 18.7. The summed E-state index contributed by atoms with van der Waals surface area (Å²) in [7, 11) is 0. The lowest BCUT2D eigenvalue weighted by Gasteiger charge is -2.10. The monoisotopic (exact) mass is 733 g/mol. The molecule has 0 radical (unpaired) electrons. The summed E-state index contributed by atoms with van der Waals surface area (Å²) in [5, 5.41) is 4.73. The Bertz CT molecular complexity index is 3180. The minimum absolute atomic E-state index is 0.625. The van der Waals surface area contributed by atoms with Gasteiger partial charge in [0, 0.05) is 47.6 Å². The van der Waals surface area contributed by atoms with Gasteiger partial charge in [-0.3, -0.25) is 0 Å². The van der Waals surface area contributed by atoms with Crippen molar-refractivity contribution in [3.8, 4) is 67.5 Å². The van der Waals surface area contributed by atoms with E-state index < -0.39 is 0 Å². The highest BCUT2D eigenvalue weighted by Gasteiger charge is 2.17. The third-order valence-electron chi connectivity index (χ3n) is 10.5. The number of nitrogens with zero attached hydrogens (tertiary/aromatic N) is 3. The van der Waals surface area contributed by atoms with Crippen molar-refractivity contribution < 1.29 is 4.42 Å². The first kappa shape index (κ1) is 32.2. The van der Waals surface area contributed by atoms with Crippen molar-refractivity contribution in [2.24, 2.45) is 0 Å². The molecule has 0 aliphatic carbocycles. The number of hydrogen-bond donors (Lipinski definition) is 0. The molecule has 0 N–H and O–H groups in total. The topological polar surface area (TPSA) is 51.8 Å². The van der Waals surface area contributed by atoms with Crippen molar-refractivity contribution in [2.75, 3.05) is 0 Å². The van der Waals surface area contributed by atoms with E-state index in [1.807, 2.05) is 72.0 Å². The molecule has 11 rings (SSSR count). The van der Waals surface area contributed by atoms with Crippen LogP contribution in [0.15, 0.2) is 192 Å². The average molecular weight is 734 g/mol. The molecule has 0 unspecified atom stereocenters. The van der Waals surface area contributed by atoms with Gasteiger partial charge < -0.3 is 4.42 Å². The number of hydrogen-bond acceptors (Lipinski definition) is 5. The molecule has 0 atom stereocenters. The second-order valence-corrected chi connectivity index (χ2v) is 15.1. The van der Waals surface area contributed by atoms with Crippen LogP contribution in [0.4, 0.5) is 0 Å². The van der Waals surface area contributed by atoms with Gasteiger partial charge in [-0.1, -0.05) is 146 Å².